The number of benzene rings is 1. The van der Waals surface area contributed by atoms with Crippen LogP contribution in [0.3, 0.4) is 0 Å². The summed E-state index contributed by atoms with van der Waals surface area (Å²) in [6.07, 6.45) is 6.84. The molecule has 0 spiro atoms. The van der Waals surface area contributed by atoms with Gasteiger partial charge in [-0.1, -0.05) is 30.3 Å². The number of nitrogens with two attached hydrogens (primary N) is 1. The summed E-state index contributed by atoms with van der Waals surface area (Å²) in [5.41, 5.74) is 7.65. The number of β-amino-alcohol motifs (C(OH)–C–C–N with tert-alkyl or cyclic N) is 1. The van der Waals surface area contributed by atoms with E-state index in [4.69, 9.17) is 5.73 Å². The Hall–Kier alpha value is -0.900. The van der Waals surface area contributed by atoms with Gasteiger partial charge in [-0.25, -0.2) is 0 Å². The van der Waals surface area contributed by atoms with Gasteiger partial charge in [0.1, 0.15) is 0 Å². The number of hydrogen-bond acceptors (Lipinski definition) is 3. The summed E-state index contributed by atoms with van der Waals surface area (Å²) in [6.45, 7) is 0.626. The molecule has 0 amide bonds. The number of hydrogen-bond donors (Lipinski definition) is 3. The summed E-state index contributed by atoms with van der Waals surface area (Å²) < 4.78 is 0. The van der Waals surface area contributed by atoms with Crippen LogP contribution in [-0.2, 0) is 6.42 Å². The standard InChI is InChI=1S/C17H26N2O/c18-15(10-13-4-2-1-3-5-13)16(20)12-19-17-8-6-14(11-17)7-9-17/h1-5,14-16,19-20H,6-12,18H2/t14-,15-,16+,17-/m0/s1. The fourth-order valence-electron chi connectivity index (χ4n) is 3.93. The fourth-order valence-corrected chi connectivity index (χ4v) is 3.93. The van der Waals surface area contributed by atoms with E-state index in [-0.39, 0.29) is 6.04 Å². The van der Waals surface area contributed by atoms with Crippen molar-refractivity contribution in [2.24, 2.45) is 11.7 Å². The molecule has 2 aliphatic rings. The highest BCUT2D eigenvalue weighted by Crippen LogP contribution is 2.47. The van der Waals surface area contributed by atoms with Gasteiger partial charge in [0.25, 0.3) is 0 Å². The van der Waals surface area contributed by atoms with Crippen molar-refractivity contribution in [2.75, 3.05) is 6.54 Å². The lowest BCUT2D eigenvalue weighted by atomic mass is 9.93. The molecule has 0 saturated heterocycles. The van der Waals surface area contributed by atoms with Gasteiger partial charge in [0.05, 0.1) is 6.10 Å². The van der Waals surface area contributed by atoms with Crippen LogP contribution in [-0.4, -0.2) is 29.3 Å². The van der Waals surface area contributed by atoms with Gasteiger partial charge in [0.2, 0.25) is 0 Å². The molecule has 1 aromatic rings. The van der Waals surface area contributed by atoms with Crippen LogP contribution < -0.4 is 11.1 Å². The van der Waals surface area contributed by atoms with E-state index in [9.17, 15) is 5.11 Å². The third-order valence-electron chi connectivity index (χ3n) is 5.24. The van der Waals surface area contributed by atoms with Crippen molar-refractivity contribution in [2.45, 2.75) is 56.2 Å². The summed E-state index contributed by atoms with van der Waals surface area (Å²) >= 11 is 0. The number of aliphatic hydroxyl groups excluding tert-OH is 1. The third-order valence-corrected chi connectivity index (χ3v) is 5.24. The van der Waals surface area contributed by atoms with Crippen LogP contribution in [0, 0.1) is 5.92 Å². The molecule has 0 aliphatic heterocycles. The van der Waals surface area contributed by atoms with E-state index >= 15 is 0 Å². The first-order chi connectivity index (χ1) is 9.67. The van der Waals surface area contributed by atoms with Gasteiger partial charge in [-0.3, -0.25) is 0 Å². The summed E-state index contributed by atoms with van der Waals surface area (Å²) in [6, 6.07) is 9.98. The molecule has 0 aromatic heterocycles. The van der Waals surface area contributed by atoms with Gasteiger partial charge < -0.3 is 16.2 Å². The second-order valence-electron chi connectivity index (χ2n) is 6.73. The zero-order chi connectivity index (χ0) is 14.0. The highest BCUT2D eigenvalue weighted by Gasteiger charge is 2.44. The average molecular weight is 274 g/mol. The zero-order valence-electron chi connectivity index (χ0n) is 12.1. The van der Waals surface area contributed by atoms with E-state index in [1.54, 1.807) is 0 Å². The summed E-state index contributed by atoms with van der Waals surface area (Å²) in [7, 11) is 0. The predicted octanol–water partition coefficient (Wildman–Crippen LogP) is 1.84. The fraction of sp³-hybridized carbons (Fsp3) is 0.647. The second-order valence-corrected chi connectivity index (χ2v) is 6.73. The summed E-state index contributed by atoms with van der Waals surface area (Å²) in [5, 5.41) is 13.9. The number of aliphatic hydroxyl groups is 1. The normalized spacial score (nSPS) is 31.4. The Morgan fingerprint density at radius 3 is 2.55 bits per heavy atom. The molecule has 2 aliphatic carbocycles. The van der Waals surface area contributed by atoms with Crippen LogP contribution in [0.4, 0.5) is 0 Å². The molecule has 2 atom stereocenters. The van der Waals surface area contributed by atoms with Crippen LogP contribution in [0.5, 0.6) is 0 Å². The Bertz CT molecular complexity index is 426. The number of fused-ring (bicyclic) bond motifs is 2. The maximum atomic E-state index is 10.3. The van der Waals surface area contributed by atoms with E-state index in [1.807, 2.05) is 18.2 Å². The van der Waals surface area contributed by atoms with Gasteiger partial charge in [0.15, 0.2) is 0 Å². The van der Waals surface area contributed by atoms with Crippen molar-refractivity contribution in [1.82, 2.24) is 5.32 Å². The van der Waals surface area contributed by atoms with Gasteiger partial charge in [-0.05, 0) is 50.0 Å². The smallest absolute Gasteiger partial charge is 0.0818 e. The van der Waals surface area contributed by atoms with Crippen molar-refractivity contribution < 1.29 is 5.11 Å². The van der Waals surface area contributed by atoms with Crippen molar-refractivity contribution in [3.05, 3.63) is 35.9 Å². The lowest BCUT2D eigenvalue weighted by Crippen LogP contribution is -2.50. The van der Waals surface area contributed by atoms with Gasteiger partial charge in [-0.15, -0.1) is 0 Å². The molecule has 3 nitrogen and oxygen atoms in total. The third kappa shape index (κ3) is 3.05. The van der Waals surface area contributed by atoms with Gasteiger partial charge >= 0.3 is 0 Å². The monoisotopic (exact) mass is 274 g/mol. The summed E-state index contributed by atoms with van der Waals surface area (Å²) in [5.74, 6) is 0.928. The van der Waals surface area contributed by atoms with Crippen molar-refractivity contribution in [1.29, 1.82) is 0 Å². The topological polar surface area (TPSA) is 58.3 Å². The minimum Gasteiger partial charge on any atom is -0.390 e. The molecule has 20 heavy (non-hydrogen) atoms. The van der Waals surface area contributed by atoms with Crippen LogP contribution in [0.1, 0.15) is 37.7 Å². The second kappa shape index (κ2) is 5.84. The zero-order valence-corrected chi connectivity index (χ0v) is 12.1. The first-order valence-electron chi connectivity index (χ1n) is 7.89. The SMILES string of the molecule is N[C@@H](Cc1ccccc1)[C@H](O)CN[C@]12CC[C@H](CC1)C2. The quantitative estimate of drug-likeness (QED) is 0.742. The van der Waals surface area contributed by atoms with Crippen molar-refractivity contribution in [3.8, 4) is 0 Å². The minimum absolute atomic E-state index is 0.195. The van der Waals surface area contributed by atoms with E-state index < -0.39 is 6.10 Å². The molecule has 0 heterocycles. The first-order valence-corrected chi connectivity index (χ1v) is 7.89. The molecule has 2 bridgehead atoms. The van der Waals surface area contributed by atoms with Crippen molar-refractivity contribution >= 4 is 0 Å². The van der Waals surface area contributed by atoms with E-state index in [1.165, 1.54) is 37.7 Å². The molecular formula is C17H26N2O. The maximum absolute atomic E-state index is 10.3. The molecule has 110 valence electrons. The lowest BCUT2D eigenvalue weighted by molar-refractivity contribution is 0.127. The van der Waals surface area contributed by atoms with Gasteiger partial charge in [-0.2, -0.15) is 0 Å². The Kier molecular flexibility index (Phi) is 4.11. The molecule has 4 N–H and O–H groups in total. The summed E-state index contributed by atoms with van der Waals surface area (Å²) in [4.78, 5) is 0. The molecular weight excluding hydrogens is 248 g/mol. The average Bonchev–Trinajstić information content (AvgIpc) is 3.07. The van der Waals surface area contributed by atoms with Crippen LogP contribution in [0.15, 0.2) is 30.3 Å². The largest absolute Gasteiger partial charge is 0.390 e. The van der Waals surface area contributed by atoms with E-state index in [2.05, 4.69) is 17.4 Å². The van der Waals surface area contributed by atoms with Crippen LogP contribution >= 0.6 is 0 Å². The molecule has 3 rings (SSSR count). The lowest BCUT2D eigenvalue weighted by Gasteiger charge is -2.30. The molecule has 1 aromatic carbocycles. The Labute approximate surface area is 121 Å². The number of rotatable bonds is 6. The molecule has 3 heteroatoms. The molecule has 0 unspecified atom stereocenters. The van der Waals surface area contributed by atoms with Crippen molar-refractivity contribution in [3.63, 3.8) is 0 Å². The van der Waals surface area contributed by atoms with E-state index in [0.717, 1.165) is 12.3 Å². The molecule has 2 fully saturated rings. The number of nitrogens with one attached hydrogen (secondary N) is 1. The Balaban J connectivity index is 1.48. The Morgan fingerprint density at radius 1 is 1.25 bits per heavy atom. The van der Waals surface area contributed by atoms with E-state index in [0.29, 0.717) is 12.1 Å². The molecule has 2 saturated carbocycles. The maximum Gasteiger partial charge on any atom is 0.0818 e. The predicted molar refractivity (Wildman–Crippen MR) is 81.4 cm³/mol. The first kappa shape index (κ1) is 14.1. The van der Waals surface area contributed by atoms with Crippen LogP contribution in [0.2, 0.25) is 0 Å². The molecule has 0 radical (unpaired) electrons. The van der Waals surface area contributed by atoms with Crippen LogP contribution in [0.25, 0.3) is 0 Å². The van der Waals surface area contributed by atoms with Gasteiger partial charge in [0, 0.05) is 18.1 Å². The highest BCUT2D eigenvalue weighted by atomic mass is 16.3. The minimum atomic E-state index is -0.468. The highest BCUT2D eigenvalue weighted by molar-refractivity contribution is 5.16. The Morgan fingerprint density at radius 2 is 1.95 bits per heavy atom.